The van der Waals surface area contributed by atoms with Crippen LogP contribution < -0.4 is 10.1 Å². The number of rotatable bonds is 6. The molecule has 5 heteroatoms. The number of amides is 1. The van der Waals surface area contributed by atoms with Crippen LogP contribution in [0.4, 0.5) is 0 Å². The highest BCUT2D eigenvalue weighted by Crippen LogP contribution is 2.26. The number of hydrogen-bond donors (Lipinski definition) is 1. The van der Waals surface area contributed by atoms with Crippen molar-refractivity contribution < 1.29 is 9.53 Å². The summed E-state index contributed by atoms with van der Waals surface area (Å²) in [5.74, 6) is 0.700. The number of hydrogen-bond acceptors (Lipinski definition) is 4. The molecule has 2 unspecified atom stereocenters. The van der Waals surface area contributed by atoms with Gasteiger partial charge in [0.1, 0.15) is 11.3 Å². The Morgan fingerprint density at radius 1 is 1.33 bits per heavy atom. The van der Waals surface area contributed by atoms with Crippen LogP contribution in [0.15, 0.2) is 29.2 Å². The first kappa shape index (κ1) is 17.4. The first-order valence-corrected chi connectivity index (χ1v) is 7.74. The van der Waals surface area contributed by atoms with Gasteiger partial charge in [0, 0.05) is 4.90 Å². The molecule has 0 saturated heterocycles. The smallest absolute Gasteiger partial charge is 0.234 e. The van der Waals surface area contributed by atoms with E-state index >= 15 is 0 Å². The molecule has 114 valence electrons. The number of nitrogens with zero attached hydrogens (tertiary/aromatic N) is 1. The van der Waals surface area contributed by atoms with Gasteiger partial charge >= 0.3 is 0 Å². The van der Waals surface area contributed by atoms with Crippen molar-refractivity contribution in [2.75, 3.05) is 7.11 Å². The van der Waals surface area contributed by atoms with Crippen LogP contribution in [0.2, 0.25) is 0 Å². The summed E-state index contributed by atoms with van der Waals surface area (Å²) in [6.07, 6.45) is 0. The molecule has 0 aliphatic carbocycles. The van der Waals surface area contributed by atoms with Crippen LogP contribution >= 0.6 is 11.8 Å². The minimum atomic E-state index is -0.841. The molecule has 0 heterocycles. The van der Waals surface area contributed by atoms with Gasteiger partial charge in [-0.15, -0.1) is 11.8 Å². The number of nitrogens with one attached hydrogen (secondary N) is 1. The highest BCUT2D eigenvalue weighted by molar-refractivity contribution is 8.00. The van der Waals surface area contributed by atoms with Crippen molar-refractivity contribution in [2.24, 2.45) is 5.92 Å². The Kier molecular flexibility index (Phi) is 6.10. The van der Waals surface area contributed by atoms with E-state index in [2.05, 4.69) is 11.4 Å². The lowest BCUT2D eigenvalue weighted by atomic mass is 9.90. The van der Waals surface area contributed by atoms with Crippen molar-refractivity contribution in [3.63, 3.8) is 0 Å². The van der Waals surface area contributed by atoms with Crippen LogP contribution in [-0.4, -0.2) is 23.8 Å². The third kappa shape index (κ3) is 4.68. The molecule has 21 heavy (non-hydrogen) atoms. The zero-order valence-corrected chi connectivity index (χ0v) is 14.0. The normalized spacial score (nSPS) is 14.9. The molecule has 0 aliphatic rings. The molecule has 0 bridgehead atoms. The molecule has 1 N–H and O–H groups in total. The summed E-state index contributed by atoms with van der Waals surface area (Å²) < 4.78 is 5.10. The fourth-order valence-electron chi connectivity index (χ4n) is 1.57. The molecule has 0 aromatic heterocycles. The molecular formula is C16H22N2O2S. The predicted octanol–water partition coefficient (Wildman–Crippen LogP) is 3.23. The van der Waals surface area contributed by atoms with Crippen LogP contribution in [0.3, 0.4) is 0 Å². The molecule has 0 fully saturated rings. The molecule has 0 spiro atoms. The summed E-state index contributed by atoms with van der Waals surface area (Å²) in [5.41, 5.74) is -0.841. The summed E-state index contributed by atoms with van der Waals surface area (Å²) in [4.78, 5) is 13.2. The average Bonchev–Trinajstić information content (AvgIpc) is 2.47. The second-order valence-electron chi connectivity index (χ2n) is 5.39. The Bertz CT molecular complexity index is 522. The largest absolute Gasteiger partial charge is 0.497 e. The fraction of sp³-hybridized carbons (Fsp3) is 0.500. The summed E-state index contributed by atoms with van der Waals surface area (Å²) in [7, 11) is 1.62. The van der Waals surface area contributed by atoms with E-state index in [1.807, 2.05) is 45.0 Å². The van der Waals surface area contributed by atoms with E-state index in [4.69, 9.17) is 4.74 Å². The molecule has 0 aliphatic heterocycles. The molecule has 4 nitrogen and oxygen atoms in total. The van der Waals surface area contributed by atoms with E-state index in [0.717, 1.165) is 10.6 Å². The minimum Gasteiger partial charge on any atom is -0.497 e. The van der Waals surface area contributed by atoms with Gasteiger partial charge in [-0.25, -0.2) is 0 Å². The summed E-state index contributed by atoms with van der Waals surface area (Å²) >= 11 is 1.46. The highest BCUT2D eigenvalue weighted by Gasteiger charge is 2.31. The van der Waals surface area contributed by atoms with Gasteiger partial charge in [0.15, 0.2) is 0 Å². The maximum absolute atomic E-state index is 12.2. The standard InChI is InChI=1S/C16H22N2O2S/c1-11(2)16(4,10-17)18-15(19)12(3)21-14-8-6-13(20-5)7-9-14/h6-9,11-12H,1-5H3,(H,18,19). The number of carbonyl (C=O) groups excluding carboxylic acids is 1. The number of methoxy groups -OCH3 is 1. The van der Waals surface area contributed by atoms with Crippen LogP contribution in [0, 0.1) is 17.2 Å². The van der Waals surface area contributed by atoms with Gasteiger partial charge in [-0.05, 0) is 44.0 Å². The van der Waals surface area contributed by atoms with Crippen LogP contribution in [0.5, 0.6) is 5.75 Å². The average molecular weight is 306 g/mol. The molecule has 0 saturated carbocycles. The Morgan fingerprint density at radius 3 is 2.33 bits per heavy atom. The first-order valence-electron chi connectivity index (χ1n) is 6.86. The van der Waals surface area contributed by atoms with Crippen molar-refractivity contribution in [3.05, 3.63) is 24.3 Å². The van der Waals surface area contributed by atoms with Gasteiger partial charge in [-0.1, -0.05) is 13.8 Å². The topological polar surface area (TPSA) is 62.1 Å². The molecular weight excluding hydrogens is 284 g/mol. The van der Waals surface area contributed by atoms with E-state index in [-0.39, 0.29) is 17.1 Å². The number of thioether (sulfide) groups is 1. The lowest BCUT2D eigenvalue weighted by Crippen LogP contribution is -2.51. The van der Waals surface area contributed by atoms with Gasteiger partial charge in [-0.2, -0.15) is 5.26 Å². The zero-order chi connectivity index (χ0) is 16.0. The predicted molar refractivity (Wildman–Crippen MR) is 85.3 cm³/mol. The monoisotopic (exact) mass is 306 g/mol. The summed E-state index contributed by atoms with van der Waals surface area (Å²) in [5, 5.41) is 11.8. The Morgan fingerprint density at radius 2 is 1.90 bits per heavy atom. The van der Waals surface area contributed by atoms with E-state index in [1.54, 1.807) is 14.0 Å². The maximum Gasteiger partial charge on any atom is 0.234 e. The zero-order valence-electron chi connectivity index (χ0n) is 13.1. The molecule has 1 amide bonds. The molecule has 1 aromatic rings. The Balaban J connectivity index is 2.68. The van der Waals surface area contributed by atoms with Gasteiger partial charge in [0.2, 0.25) is 5.91 Å². The van der Waals surface area contributed by atoms with Crippen molar-refractivity contribution in [3.8, 4) is 11.8 Å². The molecule has 1 aromatic carbocycles. The lowest BCUT2D eigenvalue weighted by molar-refractivity contribution is -0.121. The second kappa shape index (κ2) is 7.37. The fourth-order valence-corrected chi connectivity index (χ4v) is 2.44. The molecule has 1 rings (SSSR count). The second-order valence-corrected chi connectivity index (χ2v) is 6.81. The Hall–Kier alpha value is -1.67. The maximum atomic E-state index is 12.2. The van der Waals surface area contributed by atoms with Crippen molar-refractivity contribution >= 4 is 17.7 Å². The van der Waals surface area contributed by atoms with Crippen molar-refractivity contribution in [1.29, 1.82) is 5.26 Å². The number of benzene rings is 1. The number of nitriles is 1. The van der Waals surface area contributed by atoms with E-state index in [9.17, 15) is 10.1 Å². The summed E-state index contributed by atoms with van der Waals surface area (Å²) in [6, 6.07) is 9.74. The molecule has 0 radical (unpaired) electrons. The Labute approximate surface area is 130 Å². The van der Waals surface area contributed by atoms with E-state index in [1.165, 1.54) is 11.8 Å². The van der Waals surface area contributed by atoms with Crippen LogP contribution in [0.1, 0.15) is 27.7 Å². The lowest BCUT2D eigenvalue weighted by Gasteiger charge is -2.28. The van der Waals surface area contributed by atoms with Crippen LogP contribution in [0.25, 0.3) is 0 Å². The molecule has 2 atom stereocenters. The van der Waals surface area contributed by atoms with E-state index < -0.39 is 5.54 Å². The number of carbonyl (C=O) groups is 1. The highest BCUT2D eigenvalue weighted by atomic mass is 32.2. The summed E-state index contributed by atoms with van der Waals surface area (Å²) in [6.45, 7) is 7.43. The van der Waals surface area contributed by atoms with Gasteiger partial charge < -0.3 is 10.1 Å². The minimum absolute atomic E-state index is 0.0460. The third-order valence-electron chi connectivity index (χ3n) is 3.51. The first-order chi connectivity index (χ1) is 9.82. The van der Waals surface area contributed by atoms with Gasteiger partial charge in [0.25, 0.3) is 0 Å². The third-order valence-corrected chi connectivity index (χ3v) is 4.62. The van der Waals surface area contributed by atoms with Crippen LogP contribution in [-0.2, 0) is 4.79 Å². The quantitative estimate of drug-likeness (QED) is 0.820. The SMILES string of the molecule is COc1ccc(SC(C)C(=O)NC(C)(C#N)C(C)C)cc1. The number of ether oxygens (including phenoxy) is 1. The van der Waals surface area contributed by atoms with E-state index in [0.29, 0.717) is 0 Å². The van der Waals surface area contributed by atoms with Crippen molar-refractivity contribution in [1.82, 2.24) is 5.32 Å². The van der Waals surface area contributed by atoms with Crippen molar-refractivity contribution in [2.45, 2.75) is 43.4 Å². The van der Waals surface area contributed by atoms with Gasteiger partial charge in [0.05, 0.1) is 18.4 Å². The van der Waals surface area contributed by atoms with Gasteiger partial charge in [-0.3, -0.25) is 4.79 Å².